The topological polar surface area (TPSA) is 0 Å². The number of rotatable bonds is 2. The smallest absolute Gasteiger partial charge is 0.0416 e. The van der Waals surface area contributed by atoms with E-state index in [4.69, 9.17) is 11.6 Å². The summed E-state index contributed by atoms with van der Waals surface area (Å²) in [7, 11) is 0. The molecule has 0 spiro atoms. The molecule has 1 atom stereocenters. The molecule has 0 fully saturated rings. The van der Waals surface area contributed by atoms with E-state index in [-0.39, 0.29) is 4.87 Å². The van der Waals surface area contributed by atoms with Crippen molar-refractivity contribution in [1.82, 2.24) is 0 Å². The van der Waals surface area contributed by atoms with E-state index in [0.717, 1.165) is 0 Å². The summed E-state index contributed by atoms with van der Waals surface area (Å²) in [5.41, 5.74) is 0.394. The Kier molecular flexibility index (Phi) is 3.43. The van der Waals surface area contributed by atoms with E-state index in [1.54, 1.807) is 0 Å². The van der Waals surface area contributed by atoms with Crippen LogP contribution in [0.5, 0.6) is 0 Å². The lowest BCUT2D eigenvalue weighted by Crippen LogP contribution is -2.26. The number of alkyl halides is 1. The van der Waals surface area contributed by atoms with Gasteiger partial charge in [-0.3, -0.25) is 0 Å². The average Bonchev–Trinajstić information content (AvgIpc) is 1.56. The quantitative estimate of drug-likeness (QED) is 0.557. The zero-order valence-electron chi connectivity index (χ0n) is 8.66. The minimum Gasteiger partial charge on any atom is -0.120 e. The third-order valence-corrected chi connectivity index (χ3v) is 2.46. The summed E-state index contributed by atoms with van der Waals surface area (Å²) in [5.74, 6) is 0.573. The van der Waals surface area contributed by atoms with Crippen LogP contribution in [0.3, 0.4) is 0 Å². The summed E-state index contributed by atoms with van der Waals surface area (Å²) >= 11 is 6.19. The van der Waals surface area contributed by atoms with Gasteiger partial charge in [0.1, 0.15) is 0 Å². The molecule has 0 aromatic carbocycles. The summed E-state index contributed by atoms with van der Waals surface area (Å²) in [6, 6.07) is 0. The van der Waals surface area contributed by atoms with E-state index < -0.39 is 0 Å². The van der Waals surface area contributed by atoms with Crippen molar-refractivity contribution in [3.05, 3.63) is 0 Å². The van der Waals surface area contributed by atoms with Crippen LogP contribution in [0.4, 0.5) is 0 Å². The second-order valence-electron chi connectivity index (χ2n) is 5.23. The molecule has 0 N–H and O–H groups in total. The molecule has 0 saturated carbocycles. The van der Waals surface area contributed by atoms with Crippen LogP contribution in [0.15, 0.2) is 0 Å². The fraction of sp³-hybridized carbons (Fsp3) is 1.00. The zero-order valence-corrected chi connectivity index (χ0v) is 9.42. The minimum absolute atomic E-state index is 0.0622. The van der Waals surface area contributed by atoms with Gasteiger partial charge in [-0.2, -0.15) is 0 Å². The van der Waals surface area contributed by atoms with Crippen molar-refractivity contribution >= 4 is 11.6 Å². The van der Waals surface area contributed by atoms with Crippen LogP contribution in [0.2, 0.25) is 0 Å². The Hall–Kier alpha value is 0.290. The molecule has 0 saturated heterocycles. The Morgan fingerprint density at radius 3 is 1.55 bits per heavy atom. The minimum atomic E-state index is -0.0622. The summed E-state index contributed by atoms with van der Waals surface area (Å²) < 4.78 is 0. The zero-order chi connectivity index (χ0) is 9.28. The third-order valence-electron chi connectivity index (χ3n) is 2.09. The van der Waals surface area contributed by atoms with Crippen molar-refractivity contribution in [3.63, 3.8) is 0 Å². The van der Waals surface area contributed by atoms with Crippen molar-refractivity contribution in [3.8, 4) is 0 Å². The summed E-state index contributed by atoms with van der Waals surface area (Å²) in [6.07, 6.45) is 1.18. The first-order chi connectivity index (χ1) is 4.63. The molecule has 0 bridgehead atoms. The van der Waals surface area contributed by atoms with Crippen LogP contribution in [-0.4, -0.2) is 4.87 Å². The van der Waals surface area contributed by atoms with Gasteiger partial charge in [-0.05, 0) is 31.6 Å². The molecular weight excluding hydrogens is 156 g/mol. The van der Waals surface area contributed by atoms with Gasteiger partial charge in [-0.15, -0.1) is 11.6 Å². The van der Waals surface area contributed by atoms with E-state index >= 15 is 0 Å². The number of halogens is 1. The highest BCUT2D eigenvalue weighted by Gasteiger charge is 2.26. The Morgan fingerprint density at radius 1 is 1.09 bits per heavy atom. The molecule has 0 amide bonds. The van der Waals surface area contributed by atoms with E-state index in [2.05, 4.69) is 41.5 Å². The van der Waals surface area contributed by atoms with Gasteiger partial charge in [0.05, 0.1) is 0 Å². The molecule has 0 radical (unpaired) electrons. The maximum absolute atomic E-state index is 6.19. The normalized spacial score (nSPS) is 16.6. The lowest BCUT2D eigenvalue weighted by molar-refractivity contribution is 0.273. The number of hydrogen-bond acceptors (Lipinski definition) is 0. The maximum Gasteiger partial charge on any atom is 0.0416 e. The van der Waals surface area contributed by atoms with Gasteiger partial charge >= 0.3 is 0 Å². The van der Waals surface area contributed by atoms with Crippen molar-refractivity contribution in [2.24, 2.45) is 11.3 Å². The predicted molar refractivity (Wildman–Crippen MR) is 53.2 cm³/mol. The van der Waals surface area contributed by atoms with E-state index in [0.29, 0.717) is 11.3 Å². The second kappa shape index (κ2) is 3.35. The van der Waals surface area contributed by atoms with Gasteiger partial charge in [-0.1, -0.05) is 27.7 Å². The van der Waals surface area contributed by atoms with Gasteiger partial charge in [0.15, 0.2) is 0 Å². The van der Waals surface area contributed by atoms with E-state index in [1.807, 2.05) is 0 Å². The van der Waals surface area contributed by atoms with Crippen molar-refractivity contribution in [1.29, 1.82) is 0 Å². The highest BCUT2D eigenvalue weighted by molar-refractivity contribution is 6.23. The second-order valence-corrected chi connectivity index (χ2v) is 6.20. The molecule has 1 heteroatoms. The Morgan fingerprint density at radius 2 is 1.45 bits per heavy atom. The molecule has 1 unspecified atom stereocenters. The molecular formula is C10H21Cl. The van der Waals surface area contributed by atoms with Crippen molar-refractivity contribution in [2.75, 3.05) is 0 Å². The Labute approximate surface area is 76.3 Å². The maximum atomic E-state index is 6.19. The van der Waals surface area contributed by atoms with Gasteiger partial charge < -0.3 is 0 Å². The van der Waals surface area contributed by atoms with Crippen LogP contribution in [0.25, 0.3) is 0 Å². The Bertz CT molecular complexity index is 114. The van der Waals surface area contributed by atoms with Crippen LogP contribution in [0.1, 0.15) is 48.0 Å². The number of hydrogen-bond donors (Lipinski definition) is 0. The molecule has 0 heterocycles. The Balaban J connectivity index is 3.99. The van der Waals surface area contributed by atoms with Gasteiger partial charge in [0.25, 0.3) is 0 Å². The molecule has 0 aliphatic rings. The first-order valence-corrected chi connectivity index (χ1v) is 4.69. The molecule has 0 rings (SSSR count). The van der Waals surface area contributed by atoms with Gasteiger partial charge in [0.2, 0.25) is 0 Å². The fourth-order valence-corrected chi connectivity index (χ4v) is 1.24. The van der Waals surface area contributed by atoms with Crippen LogP contribution in [0, 0.1) is 11.3 Å². The standard InChI is InChI=1S/C10H21Cl/c1-8(10(5,6)11)7-9(2,3)4/h8H,7H2,1-6H3. The van der Waals surface area contributed by atoms with Crippen LogP contribution < -0.4 is 0 Å². The SMILES string of the molecule is CC(CC(C)(C)C)C(C)(C)Cl. The summed E-state index contributed by atoms with van der Waals surface area (Å²) in [6.45, 7) is 13.2. The fourth-order valence-electron chi connectivity index (χ4n) is 1.16. The van der Waals surface area contributed by atoms with Gasteiger partial charge in [0, 0.05) is 4.87 Å². The van der Waals surface area contributed by atoms with E-state index in [1.165, 1.54) is 6.42 Å². The molecule has 0 aliphatic carbocycles. The molecule has 11 heavy (non-hydrogen) atoms. The molecule has 0 aromatic heterocycles. The molecule has 0 nitrogen and oxygen atoms in total. The predicted octanol–water partition coefficient (Wildman–Crippen LogP) is 4.08. The molecule has 68 valence electrons. The van der Waals surface area contributed by atoms with Gasteiger partial charge in [-0.25, -0.2) is 0 Å². The highest BCUT2D eigenvalue weighted by atomic mass is 35.5. The highest BCUT2D eigenvalue weighted by Crippen LogP contribution is 2.34. The summed E-state index contributed by atoms with van der Waals surface area (Å²) in [4.78, 5) is -0.0622. The average molecular weight is 177 g/mol. The third kappa shape index (κ3) is 5.55. The lowest BCUT2D eigenvalue weighted by Gasteiger charge is -2.30. The van der Waals surface area contributed by atoms with Crippen LogP contribution in [-0.2, 0) is 0 Å². The molecule has 0 aliphatic heterocycles. The van der Waals surface area contributed by atoms with Crippen molar-refractivity contribution < 1.29 is 0 Å². The first kappa shape index (κ1) is 11.3. The molecule has 0 aromatic rings. The first-order valence-electron chi connectivity index (χ1n) is 4.32. The summed E-state index contributed by atoms with van der Waals surface area (Å²) in [5, 5.41) is 0. The van der Waals surface area contributed by atoms with Crippen LogP contribution >= 0.6 is 11.6 Å². The lowest BCUT2D eigenvalue weighted by atomic mass is 9.80. The largest absolute Gasteiger partial charge is 0.120 e. The van der Waals surface area contributed by atoms with Crippen molar-refractivity contribution in [2.45, 2.75) is 52.8 Å². The monoisotopic (exact) mass is 176 g/mol. The van der Waals surface area contributed by atoms with E-state index in [9.17, 15) is 0 Å².